The van der Waals surface area contributed by atoms with E-state index in [2.05, 4.69) is 26.6 Å². The van der Waals surface area contributed by atoms with E-state index in [0.717, 1.165) is 10.2 Å². The number of carbonyl (C=O) groups is 1. The molecule has 1 aromatic rings. The van der Waals surface area contributed by atoms with Crippen LogP contribution < -0.4 is 10.6 Å². The smallest absolute Gasteiger partial charge is 0.225 e. The number of rotatable bonds is 2. The lowest BCUT2D eigenvalue weighted by Crippen LogP contribution is -2.33. The second-order valence-corrected chi connectivity index (χ2v) is 5.03. The number of benzene rings is 1. The van der Waals surface area contributed by atoms with Crippen LogP contribution in [-0.2, 0) is 4.79 Å². The quantitative estimate of drug-likeness (QED) is 0.823. The normalized spacial score (nSPS) is 9.88. The van der Waals surface area contributed by atoms with Crippen molar-refractivity contribution in [2.75, 3.05) is 5.32 Å². The minimum absolute atomic E-state index is 0.0949. The van der Waals surface area contributed by atoms with E-state index >= 15 is 0 Å². The number of hydrogen-bond acceptors (Lipinski definition) is 2. The summed E-state index contributed by atoms with van der Waals surface area (Å²) in [5.41, 5.74) is 3.22. The fourth-order valence-electron chi connectivity index (χ4n) is 1.25. The van der Waals surface area contributed by atoms with E-state index in [1.165, 1.54) is 11.1 Å². The van der Waals surface area contributed by atoms with Crippen molar-refractivity contribution >= 4 is 44.9 Å². The first-order valence-corrected chi connectivity index (χ1v) is 6.51. The van der Waals surface area contributed by atoms with Crippen LogP contribution in [-0.4, -0.2) is 11.0 Å². The summed E-state index contributed by atoms with van der Waals surface area (Å²) in [6, 6.07) is 4.01. The van der Waals surface area contributed by atoms with Crippen molar-refractivity contribution < 1.29 is 4.79 Å². The Bertz CT molecular complexity index is 460. The number of thiocarbonyl (C=S) groups is 1. The predicted octanol–water partition coefficient (Wildman–Crippen LogP) is 3.29. The molecular weight excluding hydrogens is 300 g/mol. The van der Waals surface area contributed by atoms with Crippen LogP contribution >= 0.6 is 28.1 Å². The standard InChI is InChI=1S/C12H15BrN2OS/c1-4-11(16)15-12(17)14-10-6-8(3)7(2)5-9(10)13/h5-6H,4H2,1-3H3,(H2,14,15,16,17). The Morgan fingerprint density at radius 1 is 1.35 bits per heavy atom. The number of hydrogen-bond donors (Lipinski definition) is 2. The zero-order valence-electron chi connectivity index (χ0n) is 10.1. The summed E-state index contributed by atoms with van der Waals surface area (Å²) >= 11 is 8.51. The molecule has 17 heavy (non-hydrogen) atoms. The molecule has 0 fully saturated rings. The molecule has 1 aromatic carbocycles. The molecular formula is C12H15BrN2OS. The van der Waals surface area contributed by atoms with Gasteiger partial charge in [-0.25, -0.2) is 0 Å². The highest BCUT2D eigenvalue weighted by Gasteiger charge is 2.06. The van der Waals surface area contributed by atoms with Crippen molar-refractivity contribution in [2.45, 2.75) is 27.2 Å². The molecule has 0 saturated heterocycles. The topological polar surface area (TPSA) is 41.1 Å². The van der Waals surface area contributed by atoms with Crippen LogP contribution in [0.4, 0.5) is 5.69 Å². The Labute approximate surface area is 115 Å². The molecule has 3 nitrogen and oxygen atoms in total. The SMILES string of the molecule is CCC(=O)NC(=S)Nc1cc(C)c(C)cc1Br. The first-order chi connectivity index (χ1) is 7.93. The monoisotopic (exact) mass is 314 g/mol. The summed E-state index contributed by atoms with van der Waals surface area (Å²) in [5.74, 6) is -0.0949. The average molecular weight is 315 g/mol. The van der Waals surface area contributed by atoms with E-state index in [-0.39, 0.29) is 5.91 Å². The van der Waals surface area contributed by atoms with Crippen LogP contribution in [0.15, 0.2) is 16.6 Å². The molecule has 0 aliphatic rings. The van der Waals surface area contributed by atoms with Gasteiger partial charge in [0.15, 0.2) is 5.11 Å². The minimum atomic E-state index is -0.0949. The fraction of sp³-hybridized carbons (Fsp3) is 0.333. The van der Waals surface area contributed by atoms with Gasteiger partial charge in [0.25, 0.3) is 0 Å². The van der Waals surface area contributed by atoms with E-state index in [1.807, 2.05) is 26.0 Å². The number of halogens is 1. The molecule has 0 bridgehead atoms. The lowest BCUT2D eigenvalue weighted by Gasteiger charge is -2.12. The van der Waals surface area contributed by atoms with Gasteiger partial charge in [-0.2, -0.15) is 0 Å². The van der Waals surface area contributed by atoms with Crippen LogP contribution in [0.25, 0.3) is 0 Å². The van der Waals surface area contributed by atoms with Gasteiger partial charge >= 0.3 is 0 Å². The molecule has 1 rings (SSSR count). The Morgan fingerprint density at radius 2 is 1.94 bits per heavy atom. The van der Waals surface area contributed by atoms with Crippen molar-refractivity contribution in [3.05, 3.63) is 27.7 Å². The summed E-state index contributed by atoms with van der Waals surface area (Å²) < 4.78 is 0.925. The Morgan fingerprint density at radius 3 is 2.53 bits per heavy atom. The van der Waals surface area contributed by atoms with Gasteiger partial charge in [-0.05, 0) is 65.3 Å². The molecule has 0 aromatic heterocycles. The van der Waals surface area contributed by atoms with E-state index < -0.39 is 0 Å². The third-order valence-corrected chi connectivity index (χ3v) is 3.27. The highest BCUT2D eigenvalue weighted by molar-refractivity contribution is 9.10. The second kappa shape index (κ2) is 6.12. The van der Waals surface area contributed by atoms with Crippen LogP contribution in [0, 0.1) is 13.8 Å². The van der Waals surface area contributed by atoms with E-state index in [0.29, 0.717) is 11.5 Å². The maximum absolute atomic E-state index is 11.2. The summed E-state index contributed by atoms with van der Waals surface area (Å²) in [6.07, 6.45) is 0.413. The third-order valence-electron chi connectivity index (χ3n) is 2.41. The summed E-state index contributed by atoms with van der Waals surface area (Å²) in [7, 11) is 0. The molecule has 0 unspecified atom stereocenters. The second-order valence-electron chi connectivity index (χ2n) is 3.77. The average Bonchev–Trinajstić information content (AvgIpc) is 2.25. The summed E-state index contributed by atoms with van der Waals surface area (Å²) in [5, 5.41) is 5.92. The zero-order chi connectivity index (χ0) is 13.0. The molecule has 2 N–H and O–H groups in total. The summed E-state index contributed by atoms with van der Waals surface area (Å²) in [6.45, 7) is 5.85. The van der Waals surface area contributed by atoms with Crippen molar-refractivity contribution in [1.29, 1.82) is 0 Å². The first kappa shape index (κ1) is 14.1. The highest BCUT2D eigenvalue weighted by Crippen LogP contribution is 2.25. The van der Waals surface area contributed by atoms with Gasteiger partial charge in [-0.3, -0.25) is 4.79 Å². The number of nitrogens with one attached hydrogen (secondary N) is 2. The first-order valence-electron chi connectivity index (χ1n) is 5.31. The Kier molecular flexibility index (Phi) is 5.08. The number of carbonyl (C=O) groups excluding carboxylic acids is 1. The lowest BCUT2D eigenvalue weighted by molar-refractivity contribution is -0.119. The van der Waals surface area contributed by atoms with Crippen molar-refractivity contribution in [3.8, 4) is 0 Å². The van der Waals surface area contributed by atoms with E-state index in [9.17, 15) is 4.79 Å². The Balaban J connectivity index is 2.78. The van der Waals surface area contributed by atoms with Gasteiger partial charge in [-0.15, -0.1) is 0 Å². The predicted molar refractivity (Wildman–Crippen MR) is 78.3 cm³/mol. The number of anilines is 1. The van der Waals surface area contributed by atoms with Gasteiger partial charge in [0.2, 0.25) is 5.91 Å². The molecule has 0 saturated carbocycles. The van der Waals surface area contributed by atoms with Gasteiger partial charge in [0, 0.05) is 10.9 Å². The maximum atomic E-state index is 11.2. The number of aryl methyl sites for hydroxylation is 2. The lowest BCUT2D eigenvalue weighted by atomic mass is 10.1. The van der Waals surface area contributed by atoms with Crippen molar-refractivity contribution in [2.24, 2.45) is 0 Å². The number of amides is 1. The molecule has 92 valence electrons. The molecule has 0 aliphatic carbocycles. The molecule has 0 heterocycles. The molecule has 0 radical (unpaired) electrons. The fourth-order valence-corrected chi connectivity index (χ4v) is 2.03. The van der Waals surface area contributed by atoms with Crippen molar-refractivity contribution in [3.63, 3.8) is 0 Å². The third kappa shape index (κ3) is 4.09. The molecule has 0 spiro atoms. The molecule has 0 atom stereocenters. The molecule has 5 heteroatoms. The largest absolute Gasteiger partial charge is 0.331 e. The van der Waals surface area contributed by atoms with Crippen molar-refractivity contribution in [1.82, 2.24) is 5.32 Å². The van der Waals surface area contributed by atoms with Gasteiger partial charge < -0.3 is 10.6 Å². The van der Waals surface area contributed by atoms with Crippen LogP contribution in [0.2, 0.25) is 0 Å². The van der Waals surface area contributed by atoms with E-state index in [1.54, 1.807) is 6.92 Å². The Hall–Kier alpha value is -0.940. The van der Waals surface area contributed by atoms with Gasteiger partial charge in [-0.1, -0.05) is 6.92 Å². The van der Waals surface area contributed by atoms with E-state index in [4.69, 9.17) is 12.2 Å². The van der Waals surface area contributed by atoms with Crippen LogP contribution in [0.1, 0.15) is 24.5 Å². The highest BCUT2D eigenvalue weighted by atomic mass is 79.9. The van der Waals surface area contributed by atoms with Gasteiger partial charge in [0.05, 0.1) is 5.69 Å². The zero-order valence-corrected chi connectivity index (χ0v) is 12.5. The van der Waals surface area contributed by atoms with Gasteiger partial charge in [0.1, 0.15) is 0 Å². The summed E-state index contributed by atoms with van der Waals surface area (Å²) in [4.78, 5) is 11.2. The minimum Gasteiger partial charge on any atom is -0.331 e. The molecule has 1 amide bonds. The maximum Gasteiger partial charge on any atom is 0.225 e. The molecule has 0 aliphatic heterocycles. The van der Waals surface area contributed by atoms with Crippen LogP contribution in [0.5, 0.6) is 0 Å². The van der Waals surface area contributed by atoms with Crippen LogP contribution in [0.3, 0.4) is 0 Å².